The Labute approximate surface area is 89.3 Å². The maximum atomic E-state index is 11.8. The number of likely N-dealkylation sites (tertiary alicyclic amines) is 1. The lowest BCUT2D eigenvalue weighted by Crippen LogP contribution is -2.39. The van der Waals surface area contributed by atoms with Gasteiger partial charge >= 0.3 is 5.97 Å². The van der Waals surface area contributed by atoms with Crippen molar-refractivity contribution >= 4 is 11.9 Å². The van der Waals surface area contributed by atoms with Gasteiger partial charge in [0, 0.05) is 13.1 Å². The highest BCUT2D eigenvalue weighted by molar-refractivity contribution is 5.89. The monoisotopic (exact) mass is 211 g/mol. The summed E-state index contributed by atoms with van der Waals surface area (Å²) in [6.45, 7) is 3.81. The molecule has 0 spiro atoms. The third-order valence-electron chi connectivity index (χ3n) is 3.52. The molecule has 1 saturated heterocycles. The summed E-state index contributed by atoms with van der Waals surface area (Å²) >= 11 is 0. The summed E-state index contributed by atoms with van der Waals surface area (Å²) in [5.41, 5.74) is 0. The lowest BCUT2D eigenvalue weighted by Gasteiger charge is -2.30. The Morgan fingerprint density at radius 1 is 1.20 bits per heavy atom. The minimum atomic E-state index is -0.821. The number of carboxylic acids is 1. The van der Waals surface area contributed by atoms with E-state index in [1.807, 2.05) is 4.90 Å². The summed E-state index contributed by atoms with van der Waals surface area (Å²) in [4.78, 5) is 24.3. The summed E-state index contributed by atoms with van der Waals surface area (Å²) in [7, 11) is 0. The van der Waals surface area contributed by atoms with Crippen LogP contribution in [-0.2, 0) is 9.59 Å². The molecule has 2 rings (SSSR count). The van der Waals surface area contributed by atoms with Gasteiger partial charge in [-0.1, -0.05) is 6.92 Å². The molecule has 0 bridgehead atoms. The van der Waals surface area contributed by atoms with E-state index in [1.165, 1.54) is 0 Å². The highest BCUT2D eigenvalue weighted by Crippen LogP contribution is 2.40. The molecule has 0 aromatic carbocycles. The molecule has 4 heteroatoms. The zero-order valence-electron chi connectivity index (χ0n) is 8.98. The van der Waals surface area contributed by atoms with Gasteiger partial charge in [-0.3, -0.25) is 9.59 Å². The average molecular weight is 211 g/mol. The first-order chi connectivity index (χ1) is 7.09. The molecule has 15 heavy (non-hydrogen) atoms. The van der Waals surface area contributed by atoms with Crippen molar-refractivity contribution in [1.82, 2.24) is 4.90 Å². The number of carbonyl (C=O) groups is 2. The van der Waals surface area contributed by atoms with Crippen LogP contribution in [0.25, 0.3) is 0 Å². The van der Waals surface area contributed by atoms with Crippen LogP contribution in [0.5, 0.6) is 0 Å². The van der Waals surface area contributed by atoms with E-state index < -0.39 is 11.9 Å². The van der Waals surface area contributed by atoms with E-state index in [0.717, 1.165) is 25.9 Å². The fourth-order valence-corrected chi connectivity index (χ4v) is 2.20. The van der Waals surface area contributed by atoms with Crippen LogP contribution in [-0.4, -0.2) is 35.0 Å². The molecule has 84 valence electrons. The standard InChI is InChI=1S/C11H17NO3/c1-7-2-4-12(5-3-7)10(13)8-6-9(8)11(14)15/h7-9H,2-6H2,1H3,(H,14,15). The number of hydrogen-bond donors (Lipinski definition) is 1. The van der Waals surface area contributed by atoms with Gasteiger partial charge in [0.25, 0.3) is 0 Å². The van der Waals surface area contributed by atoms with Crippen LogP contribution in [0.15, 0.2) is 0 Å². The molecule has 0 radical (unpaired) electrons. The molecular formula is C11H17NO3. The van der Waals surface area contributed by atoms with E-state index in [2.05, 4.69) is 6.92 Å². The molecule has 0 aromatic rings. The van der Waals surface area contributed by atoms with Crippen LogP contribution >= 0.6 is 0 Å². The summed E-state index contributed by atoms with van der Waals surface area (Å²) < 4.78 is 0. The highest BCUT2D eigenvalue weighted by atomic mass is 16.4. The highest BCUT2D eigenvalue weighted by Gasteiger charge is 2.49. The van der Waals surface area contributed by atoms with Gasteiger partial charge in [0.1, 0.15) is 0 Å². The SMILES string of the molecule is CC1CCN(C(=O)C2CC2C(=O)O)CC1. The minimum Gasteiger partial charge on any atom is -0.481 e. The van der Waals surface area contributed by atoms with Crippen LogP contribution in [0.4, 0.5) is 0 Å². The Bertz CT molecular complexity index is 282. The van der Waals surface area contributed by atoms with Gasteiger partial charge in [-0.05, 0) is 25.2 Å². The summed E-state index contributed by atoms with van der Waals surface area (Å²) in [5, 5.41) is 8.74. The second-order valence-electron chi connectivity index (χ2n) is 4.79. The molecule has 2 fully saturated rings. The third kappa shape index (κ3) is 2.13. The van der Waals surface area contributed by atoms with E-state index in [9.17, 15) is 9.59 Å². The topological polar surface area (TPSA) is 57.6 Å². The summed E-state index contributed by atoms with van der Waals surface area (Å²) in [6.07, 6.45) is 2.65. The number of carbonyl (C=O) groups excluding carboxylic acids is 1. The van der Waals surface area contributed by atoms with Crippen LogP contribution in [0, 0.1) is 17.8 Å². The quantitative estimate of drug-likeness (QED) is 0.740. The zero-order chi connectivity index (χ0) is 11.0. The van der Waals surface area contributed by atoms with Crippen molar-refractivity contribution in [1.29, 1.82) is 0 Å². The van der Waals surface area contributed by atoms with E-state index in [-0.39, 0.29) is 11.8 Å². The second-order valence-corrected chi connectivity index (χ2v) is 4.79. The Balaban J connectivity index is 1.85. The van der Waals surface area contributed by atoms with Crippen molar-refractivity contribution in [2.75, 3.05) is 13.1 Å². The Kier molecular flexibility index (Phi) is 2.67. The summed E-state index contributed by atoms with van der Waals surface area (Å²) in [5.74, 6) is -0.690. The lowest BCUT2D eigenvalue weighted by atomic mass is 9.99. The van der Waals surface area contributed by atoms with Crippen LogP contribution in [0.1, 0.15) is 26.2 Å². The van der Waals surface area contributed by atoms with Gasteiger partial charge < -0.3 is 10.0 Å². The number of aliphatic carboxylic acids is 1. The van der Waals surface area contributed by atoms with Gasteiger partial charge in [0.05, 0.1) is 11.8 Å². The normalized spacial score (nSPS) is 31.4. The molecule has 1 N–H and O–H groups in total. The Hall–Kier alpha value is -1.06. The first kappa shape index (κ1) is 10.5. The fraction of sp³-hybridized carbons (Fsp3) is 0.818. The smallest absolute Gasteiger partial charge is 0.307 e. The number of piperidine rings is 1. The summed E-state index contributed by atoms with van der Waals surface area (Å²) in [6, 6.07) is 0. The molecule has 2 unspecified atom stereocenters. The molecule has 4 nitrogen and oxygen atoms in total. The number of nitrogens with zero attached hydrogens (tertiary/aromatic N) is 1. The van der Waals surface area contributed by atoms with Gasteiger partial charge in [-0.15, -0.1) is 0 Å². The third-order valence-corrected chi connectivity index (χ3v) is 3.52. The second kappa shape index (κ2) is 3.83. The van der Waals surface area contributed by atoms with Crippen molar-refractivity contribution in [2.45, 2.75) is 26.2 Å². The predicted octanol–water partition coefficient (Wildman–Crippen LogP) is 0.966. The van der Waals surface area contributed by atoms with Gasteiger partial charge in [0.15, 0.2) is 0 Å². The van der Waals surface area contributed by atoms with Crippen LogP contribution in [0.3, 0.4) is 0 Å². The molecule has 1 saturated carbocycles. The molecule has 1 aliphatic carbocycles. The van der Waals surface area contributed by atoms with E-state index in [0.29, 0.717) is 12.3 Å². The van der Waals surface area contributed by atoms with Crippen molar-refractivity contribution < 1.29 is 14.7 Å². The molecule has 1 amide bonds. The van der Waals surface area contributed by atoms with Crippen molar-refractivity contribution in [3.8, 4) is 0 Å². The van der Waals surface area contributed by atoms with Crippen LogP contribution < -0.4 is 0 Å². The maximum absolute atomic E-state index is 11.8. The van der Waals surface area contributed by atoms with Crippen molar-refractivity contribution in [2.24, 2.45) is 17.8 Å². The lowest BCUT2D eigenvalue weighted by molar-refractivity contribution is -0.142. The van der Waals surface area contributed by atoms with Gasteiger partial charge in [0.2, 0.25) is 5.91 Å². The van der Waals surface area contributed by atoms with Gasteiger partial charge in [-0.25, -0.2) is 0 Å². The maximum Gasteiger partial charge on any atom is 0.307 e. The number of amides is 1. The van der Waals surface area contributed by atoms with Crippen molar-refractivity contribution in [3.63, 3.8) is 0 Å². The largest absolute Gasteiger partial charge is 0.481 e. The van der Waals surface area contributed by atoms with Crippen LogP contribution in [0.2, 0.25) is 0 Å². The molecular weight excluding hydrogens is 194 g/mol. The van der Waals surface area contributed by atoms with E-state index in [4.69, 9.17) is 5.11 Å². The fourth-order valence-electron chi connectivity index (χ4n) is 2.20. The van der Waals surface area contributed by atoms with E-state index in [1.54, 1.807) is 0 Å². The zero-order valence-corrected chi connectivity index (χ0v) is 8.98. The number of rotatable bonds is 2. The Morgan fingerprint density at radius 2 is 1.80 bits per heavy atom. The molecule has 0 aromatic heterocycles. The Morgan fingerprint density at radius 3 is 2.27 bits per heavy atom. The minimum absolute atomic E-state index is 0.0642. The predicted molar refractivity (Wildman–Crippen MR) is 54.2 cm³/mol. The molecule has 2 atom stereocenters. The number of hydrogen-bond acceptors (Lipinski definition) is 2. The van der Waals surface area contributed by atoms with E-state index >= 15 is 0 Å². The number of carboxylic acid groups (broad SMARTS) is 1. The molecule has 1 aliphatic heterocycles. The first-order valence-electron chi connectivity index (χ1n) is 5.61. The molecule has 2 aliphatic rings. The first-order valence-corrected chi connectivity index (χ1v) is 5.61. The van der Waals surface area contributed by atoms with Gasteiger partial charge in [-0.2, -0.15) is 0 Å². The average Bonchev–Trinajstić information content (AvgIpc) is 2.97. The van der Waals surface area contributed by atoms with Crippen molar-refractivity contribution in [3.05, 3.63) is 0 Å². The molecule has 1 heterocycles.